The van der Waals surface area contributed by atoms with Crippen LogP contribution in [0.2, 0.25) is 5.02 Å². The fraction of sp³-hybridized carbons (Fsp3) is 0.278. The van der Waals surface area contributed by atoms with Gasteiger partial charge in [0.25, 0.3) is 11.8 Å². The summed E-state index contributed by atoms with van der Waals surface area (Å²) in [4.78, 5) is 38.2. The molecule has 32 heavy (non-hydrogen) atoms. The molecule has 168 valence electrons. The van der Waals surface area contributed by atoms with Crippen molar-refractivity contribution in [2.45, 2.75) is 22.7 Å². The van der Waals surface area contributed by atoms with Crippen molar-refractivity contribution in [2.75, 3.05) is 11.5 Å². The van der Waals surface area contributed by atoms with Gasteiger partial charge in [0.15, 0.2) is 16.0 Å². The van der Waals surface area contributed by atoms with Crippen LogP contribution >= 0.6 is 46.5 Å². The molecule has 2 aromatic rings. The molecule has 1 saturated heterocycles. The molecule has 2 aliphatic heterocycles. The smallest absolute Gasteiger partial charge is 0.352 e. The molecule has 2 N–H and O–H groups in total. The van der Waals surface area contributed by atoms with E-state index in [4.69, 9.17) is 11.6 Å². The van der Waals surface area contributed by atoms with Gasteiger partial charge in [-0.25, -0.2) is 13.6 Å². The molecule has 3 heterocycles. The molecule has 0 unspecified atom stereocenters. The lowest BCUT2D eigenvalue weighted by Crippen LogP contribution is -2.70. The van der Waals surface area contributed by atoms with Crippen molar-refractivity contribution in [3.63, 3.8) is 0 Å². The third kappa shape index (κ3) is 4.21. The molecule has 2 amide bonds. The number of aromatic nitrogens is 2. The molecule has 1 aromatic carbocycles. The first-order valence-corrected chi connectivity index (χ1v) is 12.2. The number of carboxylic acid groups (broad SMARTS) is 1. The van der Waals surface area contributed by atoms with E-state index in [1.54, 1.807) is 0 Å². The summed E-state index contributed by atoms with van der Waals surface area (Å²) in [5, 5.41) is 19.9. The van der Waals surface area contributed by atoms with E-state index in [2.05, 4.69) is 15.5 Å². The molecular formula is C18H13ClF2N4O4S3. The van der Waals surface area contributed by atoms with Gasteiger partial charge in [0.05, 0.1) is 10.6 Å². The van der Waals surface area contributed by atoms with E-state index in [9.17, 15) is 28.3 Å². The third-order valence-corrected chi connectivity index (χ3v) is 8.38. The van der Waals surface area contributed by atoms with Crippen LogP contribution in [-0.4, -0.2) is 60.9 Å². The van der Waals surface area contributed by atoms with Gasteiger partial charge in [-0.2, -0.15) is 0 Å². The number of hydrogen-bond acceptors (Lipinski definition) is 8. The summed E-state index contributed by atoms with van der Waals surface area (Å²) in [7, 11) is 0. The first-order chi connectivity index (χ1) is 15.2. The number of nitrogens with zero attached hydrogens (tertiary/aromatic N) is 3. The highest BCUT2D eigenvalue weighted by molar-refractivity contribution is 8.01. The summed E-state index contributed by atoms with van der Waals surface area (Å²) in [6.45, 7) is 1.81. The van der Waals surface area contributed by atoms with Crippen LogP contribution in [0, 0.1) is 18.6 Å². The molecule has 1 aromatic heterocycles. The van der Waals surface area contributed by atoms with Crippen molar-refractivity contribution < 1.29 is 28.3 Å². The highest BCUT2D eigenvalue weighted by atomic mass is 35.5. The lowest BCUT2D eigenvalue weighted by atomic mass is 10.0. The minimum Gasteiger partial charge on any atom is -0.477 e. The molecule has 0 bridgehead atoms. The second-order valence-electron chi connectivity index (χ2n) is 6.74. The number of thioether (sulfide) groups is 2. The van der Waals surface area contributed by atoms with Crippen LogP contribution in [0.15, 0.2) is 27.7 Å². The first kappa shape index (κ1) is 23.0. The molecule has 1 fully saturated rings. The van der Waals surface area contributed by atoms with Gasteiger partial charge in [0, 0.05) is 11.5 Å². The van der Waals surface area contributed by atoms with Gasteiger partial charge in [-0.3, -0.25) is 14.5 Å². The number of β-lactam (4-membered cyclic amide) rings is 1. The average molecular weight is 519 g/mol. The van der Waals surface area contributed by atoms with Gasteiger partial charge in [-0.15, -0.1) is 22.0 Å². The second kappa shape index (κ2) is 8.96. The number of benzene rings is 1. The number of carboxylic acids is 1. The van der Waals surface area contributed by atoms with Crippen LogP contribution in [0.25, 0.3) is 0 Å². The van der Waals surface area contributed by atoms with E-state index >= 15 is 0 Å². The van der Waals surface area contributed by atoms with Crippen LogP contribution in [-0.2, 0) is 9.59 Å². The van der Waals surface area contributed by atoms with Gasteiger partial charge in [-0.1, -0.05) is 34.7 Å². The maximum absolute atomic E-state index is 13.5. The Morgan fingerprint density at radius 3 is 2.72 bits per heavy atom. The van der Waals surface area contributed by atoms with Gasteiger partial charge in [-0.05, 0) is 24.6 Å². The van der Waals surface area contributed by atoms with Gasteiger partial charge in [0.2, 0.25) is 0 Å². The zero-order valence-corrected chi connectivity index (χ0v) is 19.3. The standard InChI is InChI=1S/C18H13ClF2N4O4S3/c1-6-23-24-18(32-6)31-5-7-4-30-16-12(15(27)25(16)13(7)17(28)29)22-14(26)8-2-10(20)11(21)3-9(8)19/h2-3,12,16H,4-5H2,1H3,(H,22,26)(H,28,29)/t12-,16+/m1/s1. The number of aliphatic carboxylic acids is 1. The fourth-order valence-electron chi connectivity index (χ4n) is 3.20. The largest absolute Gasteiger partial charge is 0.477 e. The van der Waals surface area contributed by atoms with Crippen LogP contribution < -0.4 is 5.32 Å². The van der Waals surface area contributed by atoms with E-state index in [-0.39, 0.29) is 16.3 Å². The van der Waals surface area contributed by atoms with Crippen molar-refractivity contribution in [3.05, 3.63) is 50.6 Å². The monoisotopic (exact) mass is 518 g/mol. The van der Waals surface area contributed by atoms with Crippen molar-refractivity contribution in [1.82, 2.24) is 20.4 Å². The zero-order chi connectivity index (χ0) is 23.2. The topological polar surface area (TPSA) is 112 Å². The molecule has 0 spiro atoms. The molecule has 14 heteroatoms. The Bertz CT molecular complexity index is 1180. The Labute approximate surface area is 197 Å². The van der Waals surface area contributed by atoms with E-state index in [1.165, 1.54) is 34.9 Å². The van der Waals surface area contributed by atoms with Gasteiger partial charge >= 0.3 is 5.97 Å². The Morgan fingerprint density at radius 1 is 1.34 bits per heavy atom. The summed E-state index contributed by atoms with van der Waals surface area (Å²) in [5.41, 5.74) is 0.110. The number of nitrogens with one attached hydrogen (secondary N) is 1. The van der Waals surface area contributed by atoms with E-state index < -0.39 is 40.8 Å². The Balaban J connectivity index is 1.50. The van der Waals surface area contributed by atoms with Crippen molar-refractivity contribution in [3.8, 4) is 0 Å². The normalized spacial score (nSPS) is 20.1. The summed E-state index contributed by atoms with van der Waals surface area (Å²) >= 11 is 9.84. The lowest BCUT2D eigenvalue weighted by molar-refractivity contribution is -0.148. The zero-order valence-electron chi connectivity index (χ0n) is 16.1. The molecule has 4 rings (SSSR count). The maximum Gasteiger partial charge on any atom is 0.352 e. The number of rotatable bonds is 6. The average Bonchev–Trinajstić information content (AvgIpc) is 3.17. The molecular weight excluding hydrogens is 506 g/mol. The van der Waals surface area contributed by atoms with Crippen molar-refractivity contribution >= 4 is 64.2 Å². The quantitative estimate of drug-likeness (QED) is 0.341. The summed E-state index contributed by atoms with van der Waals surface area (Å²) in [5.74, 6) is -4.52. The number of amides is 2. The molecule has 2 atom stereocenters. The lowest BCUT2D eigenvalue weighted by Gasteiger charge is -2.49. The van der Waals surface area contributed by atoms with Crippen LogP contribution in [0.3, 0.4) is 0 Å². The van der Waals surface area contributed by atoms with Crippen molar-refractivity contribution in [2.24, 2.45) is 0 Å². The molecule has 0 aliphatic carbocycles. The minimum atomic E-state index is -1.25. The molecule has 0 radical (unpaired) electrons. The van der Waals surface area contributed by atoms with E-state index in [1.807, 2.05) is 6.92 Å². The van der Waals surface area contributed by atoms with Crippen LogP contribution in [0.4, 0.5) is 8.78 Å². The second-order valence-corrected chi connectivity index (χ2v) is 10.7. The van der Waals surface area contributed by atoms with Gasteiger partial charge in [0.1, 0.15) is 22.1 Å². The molecule has 2 aliphatic rings. The number of carbonyl (C=O) groups excluding carboxylic acids is 2. The van der Waals surface area contributed by atoms with E-state index in [0.29, 0.717) is 33.6 Å². The highest BCUT2D eigenvalue weighted by Gasteiger charge is 2.54. The predicted octanol–water partition coefficient (Wildman–Crippen LogP) is 2.92. The van der Waals surface area contributed by atoms with E-state index in [0.717, 1.165) is 9.91 Å². The SMILES string of the molecule is Cc1nnc(SCC2=C(C(=O)O)N3C(=O)[C@@H](NC(=O)c4cc(F)c(F)cc4Cl)[C@@H]3SC2)s1. The van der Waals surface area contributed by atoms with Crippen LogP contribution in [0.1, 0.15) is 15.4 Å². The highest BCUT2D eigenvalue weighted by Crippen LogP contribution is 2.42. The number of aryl methyl sites for hydroxylation is 1. The van der Waals surface area contributed by atoms with Crippen LogP contribution in [0.5, 0.6) is 0 Å². The predicted molar refractivity (Wildman–Crippen MR) is 116 cm³/mol. The minimum absolute atomic E-state index is 0.121. The summed E-state index contributed by atoms with van der Waals surface area (Å²) in [6, 6.07) is 0.297. The van der Waals surface area contributed by atoms with Crippen molar-refractivity contribution in [1.29, 1.82) is 0 Å². The maximum atomic E-state index is 13.5. The Morgan fingerprint density at radius 2 is 2.06 bits per heavy atom. The summed E-state index contributed by atoms with van der Waals surface area (Å²) in [6.07, 6.45) is 0. The first-order valence-electron chi connectivity index (χ1n) is 8.95. The number of halogens is 3. The molecule has 0 saturated carbocycles. The number of carbonyl (C=O) groups is 3. The Kier molecular flexibility index (Phi) is 6.43. The molecule has 8 nitrogen and oxygen atoms in total. The number of hydrogen-bond donors (Lipinski definition) is 2. The van der Waals surface area contributed by atoms with Gasteiger partial charge < -0.3 is 10.4 Å². The number of fused-ring (bicyclic) bond motifs is 1. The Hall–Kier alpha value is -2.22. The summed E-state index contributed by atoms with van der Waals surface area (Å²) < 4.78 is 27.4. The third-order valence-electron chi connectivity index (χ3n) is 4.67. The fourth-order valence-corrected chi connectivity index (χ4v) is 6.73.